The first-order valence-corrected chi connectivity index (χ1v) is 10.3. The Morgan fingerprint density at radius 3 is 2.96 bits per heavy atom. The van der Waals surface area contributed by atoms with E-state index >= 15 is 0 Å². The first-order valence-electron chi connectivity index (χ1n) is 10.3. The molecular weight excluding hydrogens is 340 g/mol. The molecule has 0 amide bonds. The van der Waals surface area contributed by atoms with Crippen LogP contribution in [0.5, 0.6) is 11.5 Å². The fraction of sp³-hybridized carbons (Fsp3) is 0.636. The third-order valence-electron chi connectivity index (χ3n) is 7.88. The number of hydrogen-bond donors (Lipinski definition) is 2. The van der Waals surface area contributed by atoms with Crippen molar-refractivity contribution >= 4 is 0 Å². The molecule has 27 heavy (non-hydrogen) atoms. The summed E-state index contributed by atoms with van der Waals surface area (Å²) in [7, 11) is 3.67. The van der Waals surface area contributed by atoms with Gasteiger partial charge in [0.15, 0.2) is 11.5 Å². The number of piperidine rings is 1. The van der Waals surface area contributed by atoms with Crippen molar-refractivity contribution in [3.63, 3.8) is 0 Å². The molecule has 5 nitrogen and oxygen atoms in total. The molecular formula is C22H28N2O3. The predicted molar refractivity (Wildman–Crippen MR) is 102 cm³/mol. The van der Waals surface area contributed by atoms with Crippen molar-refractivity contribution < 1.29 is 14.6 Å². The second-order valence-corrected chi connectivity index (χ2v) is 9.05. The number of nitrogens with zero attached hydrogens (tertiary/aromatic N) is 1. The fourth-order valence-corrected chi connectivity index (χ4v) is 6.44. The minimum Gasteiger partial charge on any atom is -0.493 e. The highest BCUT2D eigenvalue weighted by Gasteiger charge is 2.71. The van der Waals surface area contributed by atoms with E-state index < -0.39 is 11.0 Å². The number of nitrogens with one attached hydrogen (secondary N) is 1. The molecule has 2 fully saturated rings. The van der Waals surface area contributed by atoms with Crippen molar-refractivity contribution in [2.75, 3.05) is 27.2 Å². The van der Waals surface area contributed by atoms with Crippen molar-refractivity contribution in [1.82, 2.24) is 10.2 Å². The number of aliphatic hydroxyl groups is 1. The smallest absolute Gasteiger partial charge is 0.166 e. The Balaban J connectivity index is 1.57. The zero-order valence-electron chi connectivity index (χ0n) is 16.1. The zero-order chi connectivity index (χ0) is 18.4. The standard InChI is InChI=1S/C22H28N2O3/c1-23-15-7-8-22(25)17-11-14-5-6-16(26-2)19-18(14)21(22,20(15)27-19)9-10-24(17)12-13-3-4-13/h5-8,13,15,17,20,23,25H,3-4,9-12H2,1-2H3/t15?,17-,20?,21+,22-/m1/s1. The number of methoxy groups -OCH3 is 1. The van der Waals surface area contributed by atoms with Crippen LogP contribution in [0.15, 0.2) is 24.3 Å². The van der Waals surface area contributed by atoms with Crippen LogP contribution in [-0.4, -0.2) is 61.0 Å². The molecule has 5 atom stereocenters. The van der Waals surface area contributed by atoms with Gasteiger partial charge in [0.2, 0.25) is 0 Å². The van der Waals surface area contributed by atoms with Crippen LogP contribution in [0.1, 0.15) is 30.4 Å². The zero-order valence-corrected chi connectivity index (χ0v) is 16.1. The number of hydrogen-bond acceptors (Lipinski definition) is 5. The lowest BCUT2D eigenvalue weighted by Gasteiger charge is -2.62. The second-order valence-electron chi connectivity index (χ2n) is 9.05. The number of likely N-dealkylation sites (N-methyl/N-ethyl adjacent to an activating group) is 1. The molecule has 0 aromatic heterocycles. The minimum atomic E-state index is -0.886. The highest BCUT2D eigenvalue weighted by Crippen LogP contribution is 2.64. The van der Waals surface area contributed by atoms with Crippen molar-refractivity contribution in [3.05, 3.63) is 35.4 Å². The Morgan fingerprint density at radius 2 is 2.22 bits per heavy atom. The number of benzene rings is 1. The van der Waals surface area contributed by atoms with Gasteiger partial charge in [-0.05, 0) is 56.8 Å². The van der Waals surface area contributed by atoms with Gasteiger partial charge >= 0.3 is 0 Å². The molecule has 144 valence electrons. The summed E-state index contributed by atoms with van der Waals surface area (Å²) in [4.78, 5) is 2.56. The lowest BCUT2D eigenvalue weighted by atomic mass is 9.50. The Bertz CT molecular complexity index is 835. The summed E-state index contributed by atoms with van der Waals surface area (Å²) in [6, 6.07) is 4.45. The molecule has 1 aromatic carbocycles. The monoisotopic (exact) mass is 368 g/mol. The SMILES string of the molecule is CNC1C=C[C@@]2(O)[C@H]3Cc4ccc(OC)c5c4[C@@]2(CCN3CC2CC2)C1O5. The van der Waals surface area contributed by atoms with Crippen LogP contribution in [-0.2, 0) is 11.8 Å². The lowest BCUT2D eigenvalue weighted by Crippen LogP contribution is -2.76. The molecule has 2 unspecified atom stereocenters. The van der Waals surface area contributed by atoms with E-state index in [0.29, 0.717) is 0 Å². The highest BCUT2D eigenvalue weighted by molar-refractivity contribution is 5.64. The third kappa shape index (κ3) is 1.86. The molecule has 6 rings (SSSR count). The average Bonchev–Trinajstić information content (AvgIpc) is 3.41. The summed E-state index contributed by atoms with van der Waals surface area (Å²) in [5.41, 5.74) is 1.26. The van der Waals surface area contributed by atoms with Gasteiger partial charge in [0.05, 0.1) is 18.6 Å². The summed E-state index contributed by atoms with van der Waals surface area (Å²) < 4.78 is 12.2. The van der Waals surface area contributed by atoms with E-state index in [1.807, 2.05) is 13.1 Å². The minimum absolute atomic E-state index is 0.0870. The van der Waals surface area contributed by atoms with Gasteiger partial charge in [-0.25, -0.2) is 0 Å². The quantitative estimate of drug-likeness (QED) is 0.791. The molecule has 2 aliphatic heterocycles. The van der Waals surface area contributed by atoms with Crippen LogP contribution in [0.2, 0.25) is 0 Å². The van der Waals surface area contributed by atoms with Gasteiger partial charge in [-0.3, -0.25) is 4.90 Å². The molecule has 0 radical (unpaired) electrons. The van der Waals surface area contributed by atoms with Gasteiger partial charge in [0.1, 0.15) is 11.7 Å². The van der Waals surface area contributed by atoms with Gasteiger partial charge in [-0.2, -0.15) is 0 Å². The third-order valence-corrected chi connectivity index (χ3v) is 7.88. The molecule has 1 aromatic rings. The first-order chi connectivity index (χ1) is 13.1. The van der Waals surface area contributed by atoms with E-state index in [1.54, 1.807) is 7.11 Å². The highest BCUT2D eigenvalue weighted by atomic mass is 16.5. The van der Waals surface area contributed by atoms with Crippen LogP contribution in [0.25, 0.3) is 0 Å². The van der Waals surface area contributed by atoms with E-state index in [-0.39, 0.29) is 18.2 Å². The summed E-state index contributed by atoms with van der Waals surface area (Å²) in [6.45, 7) is 2.15. The maximum Gasteiger partial charge on any atom is 0.166 e. The molecule has 5 heteroatoms. The van der Waals surface area contributed by atoms with Gasteiger partial charge in [-0.15, -0.1) is 0 Å². The topological polar surface area (TPSA) is 54.0 Å². The Morgan fingerprint density at radius 1 is 1.37 bits per heavy atom. The molecule has 1 saturated carbocycles. The molecule has 1 saturated heterocycles. The summed E-state index contributed by atoms with van der Waals surface area (Å²) in [5.74, 6) is 2.47. The summed E-state index contributed by atoms with van der Waals surface area (Å²) in [5, 5.41) is 15.6. The van der Waals surface area contributed by atoms with Crippen molar-refractivity contribution in [2.24, 2.45) is 5.92 Å². The number of ether oxygens (including phenoxy) is 2. The van der Waals surface area contributed by atoms with Crippen LogP contribution in [0, 0.1) is 5.92 Å². The van der Waals surface area contributed by atoms with Gasteiger partial charge in [0, 0.05) is 18.2 Å². The van der Waals surface area contributed by atoms with Crippen LogP contribution in [0.3, 0.4) is 0 Å². The molecule has 5 aliphatic rings. The number of likely N-dealkylation sites (tertiary alicyclic amines) is 1. The van der Waals surface area contributed by atoms with E-state index in [1.165, 1.54) is 24.0 Å². The van der Waals surface area contributed by atoms with Gasteiger partial charge < -0.3 is 19.9 Å². The van der Waals surface area contributed by atoms with Gasteiger partial charge in [0.25, 0.3) is 0 Å². The second kappa shape index (κ2) is 5.28. The summed E-state index contributed by atoms with van der Waals surface area (Å²) in [6.07, 6.45) is 8.60. The van der Waals surface area contributed by atoms with Crippen molar-refractivity contribution in [1.29, 1.82) is 0 Å². The van der Waals surface area contributed by atoms with E-state index in [4.69, 9.17) is 9.47 Å². The molecule has 2 N–H and O–H groups in total. The average molecular weight is 368 g/mol. The fourth-order valence-electron chi connectivity index (χ4n) is 6.44. The molecule has 2 heterocycles. The Hall–Kier alpha value is -1.56. The Kier molecular flexibility index (Phi) is 3.21. The van der Waals surface area contributed by atoms with Crippen molar-refractivity contribution in [3.8, 4) is 11.5 Å². The van der Waals surface area contributed by atoms with E-state index in [9.17, 15) is 5.11 Å². The largest absolute Gasteiger partial charge is 0.493 e. The molecule has 2 bridgehead atoms. The van der Waals surface area contributed by atoms with E-state index in [0.717, 1.165) is 43.3 Å². The maximum absolute atomic E-state index is 12.2. The Labute approximate surface area is 160 Å². The van der Waals surface area contributed by atoms with Crippen molar-refractivity contribution in [2.45, 2.75) is 54.9 Å². The van der Waals surface area contributed by atoms with Gasteiger partial charge in [-0.1, -0.05) is 18.2 Å². The number of rotatable bonds is 4. The molecule has 3 aliphatic carbocycles. The predicted octanol–water partition coefficient (Wildman–Crippen LogP) is 1.62. The van der Waals surface area contributed by atoms with Crippen LogP contribution >= 0.6 is 0 Å². The van der Waals surface area contributed by atoms with Crippen LogP contribution in [0.4, 0.5) is 0 Å². The van der Waals surface area contributed by atoms with E-state index in [2.05, 4.69) is 28.4 Å². The first kappa shape index (κ1) is 16.4. The normalized spacial score (nSPS) is 41.2. The molecule has 1 spiro atoms. The van der Waals surface area contributed by atoms with Crippen LogP contribution < -0.4 is 14.8 Å². The lowest BCUT2D eigenvalue weighted by molar-refractivity contribution is -0.144. The maximum atomic E-state index is 12.2. The summed E-state index contributed by atoms with van der Waals surface area (Å²) >= 11 is 0.